The lowest BCUT2D eigenvalue weighted by atomic mass is 10.1. The molecule has 0 saturated carbocycles. The fourth-order valence-corrected chi connectivity index (χ4v) is 2.25. The number of benzene rings is 1. The van der Waals surface area contributed by atoms with Crippen LogP contribution in [0.15, 0.2) is 22.8 Å². The normalized spacial score (nSPS) is 11.2. The Balaban J connectivity index is 2.75. The first-order chi connectivity index (χ1) is 7.13. The third kappa shape index (κ3) is 1.79. The summed E-state index contributed by atoms with van der Waals surface area (Å²) in [6, 6.07) is 3.32. The summed E-state index contributed by atoms with van der Waals surface area (Å²) in [6.45, 7) is 0.0363. The number of rotatable bonds is 2. The zero-order valence-electron chi connectivity index (χ0n) is 8.30. The van der Waals surface area contributed by atoms with E-state index >= 15 is 0 Å². The number of aryl methyl sites for hydroxylation is 1. The molecule has 0 aliphatic carbocycles. The maximum absolute atomic E-state index is 13.7. The molecule has 0 saturated heterocycles. The number of aliphatic hydroxyl groups excluding tert-OH is 1. The molecule has 0 atom stereocenters. The second-order valence-corrected chi connectivity index (χ2v) is 4.44. The van der Waals surface area contributed by atoms with E-state index in [1.165, 1.54) is 6.07 Å². The Morgan fingerprint density at radius 2 is 2.20 bits per heavy atom. The molecule has 15 heavy (non-hydrogen) atoms. The molecule has 1 N–H and O–H groups in total. The van der Waals surface area contributed by atoms with Crippen LogP contribution in [-0.2, 0) is 13.5 Å². The van der Waals surface area contributed by atoms with Crippen LogP contribution in [0.25, 0.3) is 10.9 Å². The van der Waals surface area contributed by atoms with Gasteiger partial charge in [0.15, 0.2) is 0 Å². The molecule has 2 nitrogen and oxygen atoms in total. The van der Waals surface area contributed by atoms with E-state index < -0.39 is 0 Å². The monoisotopic (exact) mass is 271 g/mol. The van der Waals surface area contributed by atoms with Crippen molar-refractivity contribution in [3.63, 3.8) is 0 Å². The van der Waals surface area contributed by atoms with Crippen LogP contribution in [0.5, 0.6) is 0 Å². The molecule has 0 amide bonds. The number of fused-ring (bicyclic) bond motifs is 1. The molecule has 4 heteroatoms. The van der Waals surface area contributed by atoms with E-state index in [4.69, 9.17) is 5.11 Å². The summed E-state index contributed by atoms with van der Waals surface area (Å²) in [5.74, 6) is -0.247. The molecule has 0 aliphatic rings. The van der Waals surface area contributed by atoms with Crippen molar-refractivity contribution in [2.24, 2.45) is 7.05 Å². The van der Waals surface area contributed by atoms with Crippen molar-refractivity contribution in [2.45, 2.75) is 6.42 Å². The number of halogens is 2. The molecular formula is C11H11BrFNO. The van der Waals surface area contributed by atoms with Gasteiger partial charge in [-0.3, -0.25) is 0 Å². The topological polar surface area (TPSA) is 25.2 Å². The molecule has 1 heterocycles. The zero-order valence-corrected chi connectivity index (χ0v) is 9.88. The van der Waals surface area contributed by atoms with Gasteiger partial charge in [-0.1, -0.05) is 15.9 Å². The highest BCUT2D eigenvalue weighted by Crippen LogP contribution is 2.27. The van der Waals surface area contributed by atoms with E-state index in [1.54, 1.807) is 0 Å². The van der Waals surface area contributed by atoms with Gasteiger partial charge < -0.3 is 9.67 Å². The third-order valence-corrected chi connectivity index (χ3v) is 2.92. The standard InChI is InChI=1S/C11H11BrFNO/c1-14-6-7(2-3-15)11-9(13)4-8(12)5-10(11)14/h4-6,15H,2-3H2,1H3. The Hall–Kier alpha value is -0.870. The van der Waals surface area contributed by atoms with Crippen LogP contribution in [0.1, 0.15) is 5.56 Å². The van der Waals surface area contributed by atoms with Gasteiger partial charge >= 0.3 is 0 Å². The highest BCUT2D eigenvalue weighted by Gasteiger charge is 2.11. The summed E-state index contributed by atoms with van der Waals surface area (Å²) in [4.78, 5) is 0. The number of aromatic nitrogens is 1. The molecular weight excluding hydrogens is 261 g/mol. The fraction of sp³-hybridized carbons (Fsp3) is 0.273. The van der Waals surface area contributed by atoms with Crippen molar-refractivity contribution in [1.29, 1.82) is 0 Å². The van der Waals surface area contributed by atoms with Gasteiger partial charge in [0.05, 0.1) is 5.52 Å². The molecule has 0 spiro atoms. The Bertz CT molecular complexity index is 507. The van der Waals surface area contributed by atoms with Gasteiger partial charge in [0.25, 0.3) is 0 Å². The first-order valence-electron chi connectivity index (χ1n) is 4.67. The van der Waals surface area contributed by atoms with E-state index in [9.17, 15) is 4.39 Å². The maximum atomic E-state index is 13.7. The molecule has 1 aromatic carbocycles. The number of nitrogens with zero attached hydrogens (tertiary/aromatic N) is 1. The molecule has 0 aliphatic heterocycles. The van der Waals surface area contributed by atoms with Gasteiger partial charge in [-0.2, -0.15) is 0 Å². The lowest BCUT2D eigenvalue weighted by Crippen LogP contribution is -1.89. The van der Waals surface area contributed by atoms with Gasteiger partial charge in [-0.05, 0) is 24.1 Å². The second-order valence-electron chi connectivity index (χ2n) is 3.52. The summed E-state index contributed by atoms with van der Waals surface area (Å²) in [7, 11) is 1.87. The zero-order chi connectivity index (χ0) is 11.0. The molecule has 80 valence electrons. The lowest BCUT2D eigenvalue weighted by molar-refractivity contribution is 0.300. The van der Waals surface area contributed by atoms with Gasteiger partial charge in [0, 0.05) is 29.7 Å². The molecule has 0 fully saturated rings. The highest BCUT2D eigenvalue weighted by atomic mass is 79.9. The molecule has 0 bridgehead atoms. The van der Waals surface area contributed by atoms with Gasteiger partial charge in [-0.25, -0.2) is 4.39 Å². The van der Waals surface area contributed by atoms with E-state index in [0.29, 0.717) is 11.8 Å². The van der Waals surface area contributed by atoms with Gasteiger partial charge in [0.2, 0.25) is 0 Å². The second kappa shape index (κ2) is 3.94. The molecule has 2 aromatic rings. The number of aliphatic hydroxyl groups is 1. The number of hydrogen-bond acceptors (Lipinski definition) is 1. The van der Waals surface area contributed by atoms with Crippen LogP contribution < -0.4 is 0 Å². The first-order valence-corrected chi connectivity index (χ1v) is 5.46. The quantitative estimate of drug-likeness (QED) is 0.893. The minimum absolute atomic E-state index is 0.0363. The smallest absolute Gasteiger partial charge is 0.133 e. The van der Waals surface area contributed by atoms with E-state index in [0.717, 1.165) is 15.6 Å². The van der Waals surface area contributed by atoms with Crippen LogP contribution in [0.2, 0.25) is 0 Å². The largest absolute Gasteiger partial charge is 0.396 e. The van der Waals surface area contributed by atoms with E-state index in [1.807, 2.05) is 23.9 Å². The Kier molecular flexibility index (Phi) is 2.80. The maximum Gasteiger partial charge on any atom is 0.133 e. The van der Waals surface area contributed by atoms with Crippen LogP contribution >= 0.6 is 15.9 Å². The van der Waals surface area contributed by atoms with Gasteiger partial charge in [-0.15, -0.1) is 0 Å². The predicted octanol–water partition coefficient (Wildman–Crippen LogP) is 2.61. The average Bonchev–Trinajstić information content (AvgIpc) is 2.44. The summed E-state index contributed by atoms with van der Waals surface area (Å²) in [5, 5.41) is 9.50. The van der Waals surface area contributed by atoms with Crippen LogP contribution in [0, 0.1) is 5.82 Å². The average molecular weight is 272 g/mol. The highest BCUT2D eigenvalue weighted by molar-refractivity contribution is 9.10. The SMILES string of the molecule is Cn1cc(CCO)c2c(F)cc(Br)cc21. The fourth-order valence-electron chi connectivity index (χ4n) is 1.83. The third-order valence-electron chi connectivity index (χ3n) is 2.47. The summed E-state index contributed by atoms with van der Waals surface area (Å²) < 4.78 is 16.3. The van der Waals surface area contributed by atoms with Crippen LogP contribution in [0.4, 0.5) is 4.39 Å². The lowest BCUT2D eigenvalue weighted by Gasteiger charge is -1.99. The Labute approximate surface area is 95.5 Å². The summed E-state index contributed by atoms with van der Waals surface area (Å²) in [6.07, 6.45) is 2.34. The summed E-state index contributed by atoms with van der Waals surface area (Å²) >= 11 is 3.26. The minimum atomic E-state index is -0.247. The van der Waals surface area contributed by atoms with Crippen molar-refractivity contribution in [1.82, 2.24) is 4.57 Å². The summed E-state index contributed by atoms with van der Waals surface area (Å²) in [5.41, 5.74) is 1.69. The Morgan fingerprint density at radius 1 is 1.47 bits per heavy atom. The van der Waals surface area contributed by atoms with Crippen molar-refractivity contribution in [3.8, 4) is 0 Å². The molecule has 0 radical (unpaired) electrons. The first kappa shape index (κ1) is 10.6. The predicted molar refractivity (Wildman–Crippen MR) is 61.4 cm³/mol. The van der Waals surface area contributed by atoms with Crippen molar-refractivity contribution in [3.05, 3.63) is 34.2 Å². The van der Waals surface area contributed by atoms with Crippen molar-refractivity contribution in [2.75, 3.05) is 6.61 Å². The Morgan fingerprint density at radius 3 is 2.87 bits per heavy atom. The minimum Gasteiger partial charge on any atom is -0.396 e. The van der Waals surface area contributed by atoms with Crippen LogP contribution in [0.3, 0.4) is 0 Å². The molecule has 2 rings (SSSR count). The van der Waals surface area contributed by atoms with Gasteiger partial charge in [0.1, 0.15) is 5.82 Å². The molecule has 1 aromatic heterocycles. The number of hydrogen-bond donors (Lipinski definition) is 1. The molecule has 0 unspecified atom stereocenters. The van der Waals surface area contributed by atoms with E-state index in [-0.39, 0.29) is 12.4 Å². The van der Waals surface area contributed by atoms with Crippen molar-refractivity contribution >= 4 is 26.8 Å². The van der Waals surface area contributed by atoms with Crippen LogP contribution in [-0.4, -0.2) is 16.3 Å². The van der Waals surface area contributed by atoms with Crippen molar-refractivity contribution < 1.29 is 9.50 Å². The van der Waals surface area contributed by atoms with E-state index in [2.05, 4.69) is 15.9 Å².